The standard InChI is InChI=1S/C30H27ClO3/c1-3-21-5-7-22(8-6-21)23-9-11-24(12-10-23)26-15-18-28(29(31)19-26)25-13-16-27(17-14-25)34-20-30(32)33-4-2/h5-19H,3-4,20H2,1-2H3. The quantitative estimate of drug-likeness (QED) is 0.246. The molecule has 0 bridgehead atoms. The van der Waals surface area contributed by atoms with Gasteiger partial charge in [0.2, 0.25) is 0 Å². The van der Waals surface area contributed by atoms with Crippen LogP contribution in [0.3, 0.4) is 0 Å². The van der Waals surface area contributed by atoms with Crippen LogP contribution in [0.4, 0.5) is 0 Å². The van der Waals surface area contributed by atoms with Crippen molar-refractivity contribution in [2.75, 3.05) is 13.2 Å². The Morgan fingerprint density at radius 3 is 1.79 bits per heavy atom. The Balaban J connectivity index is 1.47. The van der Waals surface area contributed by atoms with Crippen molar-refractivity contribution in [1.29, 1.82) is 0 Å². The number of hydrogen-bond donors (Lipinski definition) is 0. The van der Waals surface area contributed by atoms with E-state index in [2.05, 4.69) is 61.5 Å². The van der Waals surface area contributed by atoms with Gasteiger partial charge in [-0.25, -0.2) is 4.79 Å². The summed E-state index contributed by atoms with van der Waals surface area (Å²) < 4.78 is 10.3. The number of hydrogen-bond acceptors (Lipinski definition) is 3. The molecule has 0 spiro atoms. The minimum absolute atomic E-state index is 0.106. The molecule has 0 aliphatic rings. The molecule has 172 valence electrons. The first kappa shape index (κ1) is 23.6. The molecule has 0 N–H and O–H groups in total. The van der Waals surface area contributed by atoms with Gasteiger partial charge in [0.25, 0.3) is 0 Å². The monoisotopic (exact) mass is 470 g/mol. The van der Waals surface area contributed by atoms with Crippen LogP contribution >= 0.6 is 11.6 Å². The molecule has 0 radical (unpaired) electrons. The summed E-state index contributed by atoms with van der Waals surface area (Å²) in [4.78, 5) is 11.4. The minimum Gasteiger partial charge on any atom is -0.482 e. The summed E-state index contributed by atoms with van der Waals surface area (Å²) in [6, 6.07) is 30.9. The summed E-state index contributed by atoms with van der Waals surface area (Å²) in [5.74, 6) is 0.224. The van der Waals surface area contributed by atoms with Crippen molar-refractivity contribution in [3.63, 3.8) is 0 Å². The predicted molar refractivity (Wildman–Crippen MR) is 139 cm³/mol. The SMILES string of the molecule is CCOC(=O)COc1ccc(-c2ccc(-c3ccc(-c4ccc(CC)cc4)cc3)cc2Cl)cc1. The van der Waals surface area contributed by atoms with Crippen LogP contribution in [0, 0.1) is 0 Å². The van der Waals surface area contributed by atoms with Crippen LogP contribution in [-0.2, 0) is 16.0 Å². The van der Waals surface area contributed by atoms with E-state index in [9.17, 15) is 4.79 Å². The fourth-order valence-electron chi connectivity index (χ4n) is 3.79. The van der Waals surface area contributed by atoms with Crippen molar-refractivity contribution < 1.29 is 14.3 Å². The highest BCUT2D eigenvalue weighted by Gasteiger charge is 2.08. The van der Waals surface area contributed by atoms with Gasteiger partial charge >= 0.3 is 5.97 Å². The van der Waals surface area contributed by atoms with Gasteiger partial charge in [0.05, 0.1) is 6.61 Å². The lowest BCUT2D eigenvalue weighted by Crippen LogP contribution is -2.14. The summed E-state index contributed by atoms with van der Waals surface area (Å²) >= 11 is 6.65. The Hall–Kier alpha value is -3.56. The first-order valence-electron chi connectivity index (χ1n) is 11.5. The first-order chi connectivity index (χ1) is 16.6. The number of benzene rings is 4. The second-order valence-corrected chi connectivity index (χ2v) is 8.35. The molecule has 4 aromatic rings. The highest BCUT2D eigenvalue weighted by atomic mass is 35.5. The molecule has 34 heavy (non-hydrogen) atoms. The van der Waals surface area contributed by atoms with Crippen molar-refractivity contribution >= 4 is 17.6 Å². The van der Waals surface area contributed by atoms with E-state index in [0.29, 0.717) is 17.4 Å². The van der Waals surface area contributed by atoms with Crippen molar-refractivity contribution in [2.45, 2.75) is 20.3 Å². The first-order valence-corrected chi connectivity index (χ1v) is 11.8. The molecule has 4 heteroatoms. The molecule has 0 heterocycles. The Kier molecular flexibility index (Phi) is 7.66. The summed E-state index contributed by atoms with van der Waals surface area (Å²) in [6.07, 6.45) is 1.05. The van der Waals surface area contributed by atoms with Crippen molar-refractivity contribution in [1.82, 2.24) is 0 Å². The second-order valence-electron chi connectivity index (χ2n) is 7.94. The number of halogens is 1. The van der Waals surface area contributed by atoms with E-state index in [0.717, 1.165) is 28.7 Å². The average molecular weight is 471 g/mol. The Labute approximate surface area is 205 Å². The zero-order valence-electron chi connectivity index (χ0n) is 19.4. The topological polar surface area (TPSA) is 35.5 Å². The molecule has 0 unspecified atom stereocenters. The fourth-order valence-corrected chi connectivity index (χ4v) is 4.08. The molecular weight excluding hydrogens is 444 g/mol. The summed E-state index contributed by atoms with van der Waals surface area (Å²) in [5, 5.41) is 0.678. The van der Waals surface area contributed by atoms with Gasteiger partial charge < -0.3 is 9.47 Å². The van der Waals surface area contributed by atoms with Gasteiger partial charge in [-0.1, -0.05) is 91.3 Å². The Morgan fingerprint density at radius 1 is 0.706 bits per heavy atom. The van der Waals surface area contributed by atoms with Gasteiger partial charge in [0, 0.05) is 10.6 Å². The van der Waals surface area contributed by atoms with E-state index < -0.39 is 0 Å². The largest absolute Gasteiger partial charge is 0.482 e. The number of aryl methyl sites for hydroxylation is 1. The van der Waals surface area contributed by atoms with Crippen LogP contribution in [0.25, 0.3) is 33.4 Å². The van der Waals surface area contributed by atoms with Crippen LogP contribution in [0.1, 0.15) is 19.4 Å². The van der Waals surface area contributed by atoms with Crippen molar-refractivity contribution in [3.05, 3.63) is 102 Å². The normalized spacial score (nSPS) is 10.7. The zero-order chi connectivity index (χ0) is 23.9. The van der Waals surface area contributed by atoms with Crippen molar-refractivity contribution in [2.24, 2.45) is 0 Å². The Morgan fingerprint density at radius 2 is 1.24 bits per heavy atom. The van der Waals surface area contributed by atoms with Crippen LogP contribution in [-0.4, -0.2) is 19.2 Å². The lowest BCUT2D eigenvalue weighted by atomic mass is 9.97. The molecule has 0 amide bonds. The molecule has 0 aliphatic heterocycles. The van der Waals surface area contributed by atoms with E-state index in [1.807, 2.05) is 36.4 Å². The summed E-state index contributed by atoms with van der Waals surface area (Å²) in [7, 11) is 0. The Bertz CT molecular complexity index is 1240. The maximum absolute atomic E-state index is 11.4. The maximum Gasteiger partial charge on any atom is 0.344 e. The summed E-state index contributed by atoms with van der Waals surface area (Å²) in [5.41, 5.74) is 7.85. The zero-order valence-corrected chi connectivity index (χ0v) is 20.1. The average Bonchev–Trinajstić information content (AvgIpc) is 2.88. The smallest absolute Gasteiger partial charge is 0.344 e. The molecule has 0 fully saturated rings. The highest BCUT2D eigenvalue weighted by Crippen LogP contribution is 2.34. The van der Waals surface area contributed by atoms with Gasteiger partial charge in [-0.3, -0.25) is 0 Å². The van der Waals surface area contributed by atoms with E-state index in [-0.39, 0.29) is 12.6 Å². The van der Waals surface area contributed by atoms with E-state index in [1.165, 1.54) is 16.7 Å². The number of rotatable bonds is 8. The molecule has 4 rings (SSSR count). The van der Waals surface area contributed by atoms with E-state index in [1.54, 1.807) is 6.92 Å². The van der Waals surface area contributed by atoms with Crippen LogP contribution in [0.2, 0.25) is 5.02 Å². The third-order valence-electron chi connectivity index (χ3n) is 5.71. The van der Waals surface area contributed by atoms with Crippen LogP contribution < -0.4 is 4.74 Å². The third-order valence-corrected chi connectivity index (χ3v) is 6.02. The van der Waals surface area contributed by atoms with Crippen molar-refractivity contribution in [3.8, 4) is 39.1 Å². The van der Waals surface area contributed by atoms with Gasteiger partial charge in [-0.2, -0.15) is 0 Å². The molecule has 4 aromatic carbocycles. The van der Waals surface area contributed by atoms with E-state index in [4.69, 9.17) is 21.1 Å². The van der Waals surface area contributed by atoms with Gasteiger partial charge in [0.1, 0.15) is 5.75 Å². The number of esters is 1. The molecule has 0 aliphatic carbocycles. The lowest BCUT2D eigenvalue weighted by Gasteiger charge is -2.10. The number of carbonyl (C=O) groups is 1. The molecular formula is C30H27ClO3. The molecule has 3 nitrogen and oxygen atoms in total. The van der Waals surface area contributed by atoms with Crippen LogP contribution in [0.5, 0.6) is 5.75 Å². The molecule has 0 saturated carbocycles. The van der Waals surface area contributed by atoms with E-state index >= 15 is 0 Å². The second kappa shape index (κ2) is 11.0. The van der Waals surface area contributed by atoms with Crippen LogP contribution in [0.15, 0.2) is 91.0 Å². The van der Waals surface area contributed by atoms with Gasteiger partial charge in [-0.15, -0.1) is 0 Å². The predicted octanol–water partition coefficient (Wildman–Crippen LogP) is 7.85. The molecule has 0 saturated heterocycles. The minimum atomic E-state index is -0.382. The molecule has 0 aromatic heterocycles. The summed E-state index contributed by atoms with van der Waals surface area (Å²) in [6.45, 7) is 4.17. The van der Waals surface area contributed by atoms with Gasteiger partial charge in [0.15, 0.2) is 6.61 Å². The number of ether oxygens (including phenoxy) is 2. The number of carbonyl (C=O) groups excluding carboxylic acids is 1. The third kappa shape index (κ3) is 5.67. The highest BCUT2D eigenvalue weighted by molar-refractivity contribution is 6.33. The van der Waals surface area contributed by atoms with Gasteiger partial charge in [-0.05, 0) is 64.9 Å². The fraction of sp³-hybridized carbons (Fsp3) is 0.167. The lowest BCUT2D eigenvalue weighted by molar-refractivity contribution is -0.145. The molecule has 0 atom stereocenters. The maximum atomic E-state index is 11.4.